The van der Waals surface area contributed by atoms with Crippen molar-refractivity contribution in [2.45, 2.75) is 12.7 Å². The molecule has 0 saturated heterocycles. The lowest BCUT2D eigenvalue weighted by Gasteiger charge is -2.15. The summed E-state index contributed by atoms with van der Waals surface area (Å²) in [5.74, 6) is -1.79. The smallest absolute Gasteiger partial charge is 0.432 e. The van der Waals surface area contributed by atoms with Gasteiger partial charge in [0.2, 0.25) is 0 Å². The summed E-state index contributed by atoms with van der Waals surface area (Å²) in [5.41, 5.74) is -1.10. The number of nitrogens with zero attached hydrogens (tertiary/aromatic N) is 1. The lowest BCUT2D eigenvalue weighted by Crippen LogP contribution is -2.26. The fourth-order valence-electron chi connectivity index (χ4n) is 3.90. The van der Waals surface area contributed by atoms with Crippen LogP contribution in [0.25, 0.3) is 10.9 Å². The van der Waals surface area contributed by atoms with Crippen molar-refractivity contribution in [3.63, 3.8) is 0 Å². The van der Waals surface area contributed by atoms with Crippen LogP contribution in [0.15, 0.2) is 66.7 Å². The van der Waals surface area contributed by atoms with Crippen LogP contribution in [-0.2, 0) is 17.5 Å². The SMILES string of the molecule is COc1ccc(NC(=O)C(=O)c2c(C(F)(F)F)n(Cc3ccc(Cl)cc3)c3ccc(OC)cc23)cc1. The average molecular weight is 517 g/mol. The van der Waals surface area contributed by atoms with Gasteiger partial charge in [-0.05, 0) is 60.2 Å². The predicted octanol–water partition coefficient (Wildman–Crippen LogP) is 6.20. The number of halogens is 4. The third-order valence-corrected chi connectivity index (χ3v) is 5.83. The third-order valence-electron chi connectivity index (χ3n) is 5.57. The number of carbonyl (C=O) groups excluding carboxylic acids is 2. The zero-order valence-corrected chi connectivity index (χ0v) is 19.9. The van der Waals surface area contributed by atoms with Crippen molar-refractivity contribution in [3.05, 3.63) is 88.6 Å². The zero-order chi connectivity index (χ0) is 26.0. The Morgan fingerprint density at radius 3 is 2.11 bits per heavy atom. The minimum Gasteiger partial charge on any atom is -0.497 e. The van der Waals surface area contributed by atoms with Crippen LogP contribution in [0, 0.1) is 0 Å². The number of amides is 1. The molecule has 0 aliphatic rings. The van der Waals surface area contributed by atoms with Crippen molar-refractivity contribution in [1.29, 1.82) is 0 Å². The van der Waals surface area contributed by atoms with Crippen LogP contribution in [0.3, 0.4) is 0 Å². The van der Waals surface area contributed by atoms with E-state index in [-0.39, 0.29) is 28.9 Å². The monoisotopic (exact) mass is 516 g/mol. The summed E-state index contributed by atoms with van der Waals surface area (Å²) in [4.78, 5) is 26.1. The van der Waals surface area contributed by atoms with Crippen LogP contribution in [0.5, 0.6) is 11.5 Å². The van der Waals surface area contributed by atoms with Gasteiger partial charge in [-0.2, -0.15) is 13.2 Å². The molecule has 186 valence electrons. The van der Waals surface area contributed by atoms with Crippen LogP contribution in [-0.4, -0.2) is 30.5 Å². The van der Waals surface area contributed by atoms with Gasteiger partial charge in [0.25, 0.3) is 11.7 Å². The number of ether oxygens (including phenoxy) is 2. The maximum absolute atomic E-state index is 14.5. The fraction of sp³-hybridized carbons (Fsp3) is 0.154. The summed E-state index contributed by atoms with van der Waals surface area (Å²) >= 11 is 5.91. The highest BCUT2D eigenvalue weighted by molar-refractivity contribution is 6.48. The second-order valence-electron chi connectivity index (χ2n) is 7.83. The molecule has 1 heterocycles. The molecular weight excluding hydrogens is 497 g/mol. The Labute approximate surface area is 209 Å². The normalized spacial score (nSPS) is 11.4. The highest BCUT2D eigenvalue weighted by Gasteiger charge is 2.42. The molecule has 10 heteroatoms. The molecule has 0 aliphatic heterocycles. The van der Waals surface area contributed by atoms with Crippen LogP contribution >= 0.6 is 11.6 Å². The summed E-state index contributed by atoms with van der Waals surface area (Å²) in [5, 5.41) is 2.74. The fourth-order valence-corrected chi connectivity index (χ4v) is 4.02. The van der Waals surface area contributed by atoms with Crippen molar-refractivity contribution < 1.29 is 32.2 Å². The minimum atomic E-state index is -4.94. The number of hydrogen-bond acceptors (Lipinski definition) is 4. The van der Waals surface area contributed by atoms with E-state index >= 15 is 0 Å². The number of fused-ring (bicyclic) bond motifs is 1. The second-order valence-corrected chi connectivity index (χ2v) is 8.27. The standard InChI is InChI=1S/C26H20ClF3N2O4/c1-35-18-9-7-17(8-10-18)31-25(34)23(33)22-20-13-19(36-2)11-12-21(20)32(24(22)26(28,29)30)14-15-3-5-16(27)6-4-15/h3-13H,14H2,1-2H3,(H,31,34). The summed E-state index contributed by atoms with van der Waals surface area (Å²) in [6.07, 6.45) is -4.94. The van der Waals surface area contributed by atoms with Crippen molar-refractivity contribution in [2.75, 3.05) is 19.5 Å². The van der Waals surface area contributed by atoms with E-state index in [0.29, 0.717) is 16.3 Å². The second kappa shape index (κ2) is 9.94. The van der Waals surface area contributed by atoms with Gasteiger partial charge in [-0.3, -0.25) is 9.59 Å². The van der Waals surface area contributed by atoms with E-state index < -0.39 is 29.1 Å². The van der Waals surface area contributed by atoms with E-state index in [9.17, 15) is 22.8 Å². The molecule has 4 aromatic rings. The Morgan fingerprint density at radius 2 is 1.53 bits per heavy atom. The molecule has 0 atom stereocenters. The topological polar surface area (TPSA) is 69.6 Å². The lowest BCUT2D eigenvalue weighted by atomic mass is 10.0. The van der Waals surface area contributed by atoms with E-state index in [1.165, 1.54) is 44.6 Å². The first kappa shape index (κ1) is 25.1. The zero-order valence-electron chi connectivity index (χ0n) is 19.2. The Morgan fingerprint density at radius 1 is 0.917 bits per heavy atom. The third kappa shape index (κ3) is 5.01. The highest BCUT2D eigenvalue weighted by atomic mass is 35.5. The van der Waals surface area contributed by atoms with Gasteiger partial charge in [-0.1, -0.05) is 23.7 Å². The Kier molecular flexibility index (Phi) is 6.94. The minimum absolute atomic E-state index is 0.0504. The van der Waals surface area contributed by atoms with Gasteiger partial charge in [0.1, 0.15) is 17.2 Å². The van der Waals surface area contributed by atoms with Crippen molar-refractivity contribution in [3.8, 4) is 11.5 Å². The number of nitrogens with one attached hydrogen (secondary N) is 1. The predicted molar refractivity (Wildman–Crippen MR) is 130 cm³/mol. The van der Waals surface area contributed by atoms with Gasteiger partial charge in [0.05, 0.1) is 19.8 Å². The van der Waals surface area contributed by atoms with Crippen molar-refractivity contribution in [1.82, 2.24) is 4.57 Å². The molecule has 0 saturated carbocycles. The number of Topliss-reactive ketones (excluding diaryl/α,β-unsaturated/α-hetero) is 1. The van der Waals surface area contributed by atoms with E-state index in [0.717, 1.165) is 4.57 Å². The van der Waals surface area contributed by atoms with Crippen LogP contribution in [0.1, 0.15) is 21.6 Å². The molecule has 36 heavy (non-hydrogen) atoms. The van der Waals surface area contributed by atoms with Gasteiger partial charge < -0.3 is 19.4 Å². The average Bonchev–Trinajstić information content (AvgIpc) is 3.19. The maximum atomic E-state index is 14.5. The van der Waals surface area contributed by atoms with Crippen molar-refractivity contribution in [2.24, 2.45) is 0 Å². The number of benzene rings is 3. The Hall–Kier alpha value is -3.98. The Balaban J connectivity index is 1.85. The molecule has 0 fully saturated rings. The maximum Gasteiger partial charge on any atom is 0.432 e. The van der Waals surface area contributed by atoms with Crippen LogP contribution in [0.2, 0.25) is 5.02 Å². The molecule has 0 bridgehead atoms. The van der Waals surface area contributed by atoms with Crippen molar-refractivity contribution >= 4 is 39.9 Å². The Bertz CT molecular complexity index is 1430. The van der Waals surface area contributed by atoms with Gasteiger partial charge in [0.15, 0.2) is 0 Å². The van der Waals surface area contributed by atoms with E-state index in [1.54, 1.807) is 36.4 Å². The molecule has 3 aromatic carbocycles. The number of ketones is 1. The largest absolute Gasteiger partial charge is 0.497 e. The molecule has 6 nitrogen and oxygen atoms in total. The quantitative estimate of drug-likeness (QED) is 0.234. The molecule has 0 aliphatic carbocycles. The van der Waals surface area contributed by atoms with Gasteiger partial charge in [-0.15, -0.1) is 0 Å². The first-order valence-electron chi connectivity index (χ1n) is 10.6. The summed E-state index contributed by atoms with van der Waals surface area (Å²) in [7, 11) is 2.82. The number of methoxy groups -OCH3 is 2. The number of anilines is 1. The molecule has 0 spiro atoms. The number of alkyl halides is 3. The summed E-state index contributed by atoms with van der Waals surface area (Å²) in [6.45, 7) is -0.206. The summed E-state index contributed by atoms with van der Waals surface area (Å²) < 4.78 is 54.6. The molecule has 1 N–H and O–H groups in total. The summed E-state index contributed by atoms with van der Waals surface area (Å²) in [6, 6.07) is 16.6. The molecule has 1 amide bonds. The highest BCUT2D eigenvalue weighted by Crippen LogP contribution is 2.40. The molecule has 4 rings (SSSR count). The van der Waals surface area contributed by atoms with Gasteiger partial charge >= 0.3 is 6.18 Å². The van der Waals surface area contributed by atoms with E-state index in [2.05, 4.69) is 5.32 Å². The van der Waals surface area contributed by atoms with Crippen LogP contribution in [0.4, 0.5) is 18.9 Å². The number of carbonyl (C=O) groups is 2. The van der Waals surface area contributed by atoms with Gasteiger partial charge in [-0.25, -0.2) is 0 Å². The number of hydrogen-bond donors (Lipinski definition) is 1. The number of rotatable bonds is 7. The molecule has 0 radical (unpaired) electrons. The molecule has 1 aromatic heterocycles. The molecular formula is C26H20ClF3N2O4. The first-order valence-corrected chi connectivity index (χ1v) is 11.0. The van der Waals surface area contributed by atoms with E-state index in [1.807, 2.05) is 0 Å². The first-order chi connectivity index (χ1) is 17.1. The van der Waals surface area contributed by atoms with Crippen LogP contribution < -0.4 is 14.8 Å². The van der Waals surface area contributed by atoms with E-state index in [4.69, 9.17) is 21.1 Å². The molecule has 0 unspecified atom stereocenters. The lowest BCUT2D eigenvalue weighted by molar-refractivity contribution is -0.143. The van der Waals surface area contributed by atoms with Gasteiger partial charge in [0, 0.05) is 28.2 Å². The number of aromatic nitrogens is 1.